The summed E-state index contributed by atoms with van der Waals surface area (Å²) in [5.74, 6) is 0.258. The van der Waals surface area contributed by atoms with Crippen LogP contribution in [0, 0.1) is 19.7 Å². The molecule has 1 fully saturated rings. The summed E-state index contributed by atoms with van der Waals surface area (Å²) in [5, 5.41) is 7.87. The number of benzene rings is 1. The Hall–Kier alpha value is -3.88. The number of anilines is 1. The zero-order chi connectivity index (χ0) is 24.2. The van der Waals surface area contributed by atoms with Gasteiger partial charge in [-0.2, -0.15) is 0 Å². The molecule has 1 saturated heterocycles. The monoisotopic (exact) mass is 482 g/mol. The van der Waals surface area contributed by atoms with Gasteiger partial charge in [0.25, 0.3) is 5.91 Å². The fourth-order valence-electron chi connectivity index (χ4n) is 4.33. The predicted octanol–water partition coefficient (Wildman–Crippen LogP) is 5.05. The molecule has 3 aromatic heterocycles. The summed E-state index contributed by atoms with van der Waals surface area (Å²) in [6, 6.07) is 13.8. The van der Waals surface area contributed by atoms with Crippen LogP contribution < -0.4 is 10.2 Å². The van der Waals surface area contributed by atoms with E-state index in [-0.39, 0.29) is 29.9 Å². The predicted molar refractivity (Wildman–Crippen MR) is 135 cm³/mol. The molecule has 5 rings (SSSR count). The summed E-state index contributed by atoms with van der Waals surface area (Å²) < 4.78 is 15.8. The van der Waals surface area contributed by atoms with Crippen LogP contribution in [0.5, 0.6) is 0 Å². The average molecular weight is 483 g/mol. The van der Waals surface area contributed by atoms with E-state index in [1.165, 1.54) is 6.07 Å². The molecule has 0 bridgehead atoms. The van der Waals surface area contributed by atoms with Crippen molar-refractivity contribution in [3.8, 4) is 0 Å². The number of fused-ring (bicyclic) bond motifs is 1. The average Bonchev–Trinajstić information content (AvgIpc) is 3.44. The molecular weight excluding hydrogens is 450 g/mol. The van der Waals surface area contributed by atoms with Gasteiger partial charge < -0.3 is 10.2 Å². The molecule has 9 heteroatoms. The van der Waals surface area contributed by atoms with Crippen molar-refractivity contribution in [1.29, 1.82) is 0 Å². The third kappa shape index (κ3) is 5.29. The summed E-state index contributed by atoms with van der Waals surface area (Å²) in [6.07, 6.45) is 4.02. The Morgan fingerprint density at radius 3 is 2.66 bits per heavy atom. The molecule has 186 valence electrons. The molecular formula is C26H32F2N6O. The summed E-state index contributed by atoms with van der Waals surface area (Å²) in [4.78, 5) is 23.5. The van der Waals surface area contributed by atoms with E-state index in [2.05, 4.69) is 20.2 Å². The normalized spacial score (nSPS) is 16.9. The molecule has 0 saturated carbocycles. The van der Waals surface area contributed by atoms with Crippen LogP contribution in [0.1, 0.15) is 55.0 Å². The lowest BCUT2D eigenvalue weighted by Gasteiger charge is -2.26. The Balaban J connectivity index is 0.00000111. The number of aromatic nitrogens is 4. The second-order valence-corrected chi connectivity index (χ2v) is 8.16. The molecule has 2 atom stereocenters. The first kappa shape index (κ1) is 25.7. The summed E-state index contributed by atoms with van der Waals surface area (Å²) in [5.41, 5.74) is 3.79. The fourth-order valence-corrected chi connectivity index (χ4v) is 4.33. The molecule has 4 aromatic rings. The van der Waals surface area contributed by atoms with Gasteiger partial charge >= 0.3 is 0 Å². The van der Waals surface area contributed by atoms with Crippen molar-refractivity contribution in [2.24, 2.45) is 0 Å². The molecule has 1 aliphatic rings. The van der Waals surface area contributed by atoms with Crippen LogP contribution in [0.3, 0.4) is 0 Å². The van der Waals surface area contributed by atoms with Crippen LogP contribution >= 0.6 is 0 Å². The first-order valence-corrected chi connectivity index (χ1v) is 11.6. The van der Waals surface area contributed by atoms with Crippen LogP contribution in [-0.2, 0) is 0 Å². The quantitative estimate of drug-likeness (QED) is 0.440. The fraction of sp³-hybridized carbons (Fsp3) is 0.308. The lowest BCUT2D eigenvalue weighted by molar-refractivity contribution is 0.0934. The molecule has 0 aliphatic carbocycles. The molecule has 4 heterocycles. The van der Waals surface area contributed by atoms with Gasteiger partial charge in [-0.3, -0.25) is 14.5 Å². The maximum absolute atomic E-state index is 14.0. The topological polar surface area (TPSA) is 75.4 Å². The van der Waals surface area contributed by atoms with E-state index in [0.717, 1.165) is 28.3 Å². The largest absolute Gasteiger partial charge is 0.346 e. The minimum absolute atomic E-state index is 0. The van der Waals surface area contributed by atoms with Crippen molar-refractivity contribution in [3.63, 3.8) is 0 Å². The van der Waals surface area contributed by atoms with E-state index in [9.17, 15) is 9.18 Å². The highest BCUT2D eigenvalue weighted by molar-refractivity contribution is 5.93. The number of aryl methyl sites for hydroxylation is 2. The van der Waals surface area contributed by atoms with E-state index in [4.69, 9.17) is 5.10 Å². The third-order valence-corrected chi connectivity index (χ3v) is 5.91. The number of hydrogen-bond acceptors (Lipinski definition) is 5. The lowest BCUT2D eigenvalue weighted by Crippen LogP contribution is -2.38. The van der Waals surface area contributed by atoms with Gasteiger partial charge in [-0.15, -0.1) is 5.10 Å². The second-order valence-electron chi connectivity index (χ2n) is 8.16. The number of halogens is 2. The molecule has 1 amide bonds. The number of amides is 1. The van der Waals surface area contributed by atoms with Crippen molar-refractivity contribution in [3.05, 3.63) is 89.3 Å². The van der Waals surface area contributed by atoms with Crippen molar-refractivity contribution >= 4 is 17.4 Å². The molecule has 1 aliphatic heterocycles. The molecule has 1 N–H and O–H groups in total. The molecule has 1 unspecified atom stereocenters. The van der Waals surface area contributed by atoms with Crippen LogP contribution in [0.25, 0.3) is 5.65 Å². The second kappa shape index (κ2) is 11.0. The first-order chi connectivity index (χ1) is 16.5. The Bertz CT molecular complexity index is 1310. The maximum atomic E-state index is 14.0. The van der Waals surface area contributed by atoms with Crippen LogP contribution in [-0.4, -0.2) is 38.1 Å². The van der Waals surface area contributed by atoms with Crippen LogP contribution in [0.15, 0.2) is 60.9 Å². The molecule has 1 aromatic carbocycles. The van der Waals surface area contributed by atoms with Gasteiger partial charge in [0, 0.05) is 20.2 Å². The van der Waals surface area contributed by atoms with Crippen molar-refractivity contribution in [2.75, 3.05) is 11.4 Å². The SMILES string of the molecule is CC.Cc1cccnc1C(=O)NC1C[C@H](c2cccc(F)c2)N(c2ccc3ncc(C)n3n2)C1.F.[HH]. The summed E-state index contributed by atoms with van der Waals surface area (Å²) in [6.45, 7) is 8.36. The molecule has 7 nitrogen and oxygen atoms in total. The standard InChI is InChI=1S/C24H23FN6O.C2H6.FH.H2/c1-15-5-4-10-26-23(15)24(32)28-19-12-20(17-6-3-7-18(25)11-17)30(14-19)22-9-8-21-27-13-16(2)31(21)29-22;1-2;;/h3-11,13,19-20H,12,14H2,1-2H3,(H,28,32);1-2H3;2*1H/t19?,20-;;;/m1.../s1. The van der Waals surface area contributed by atoms with E-state index < -0.39 is 0 Å². The van der Waals surface area contributed by atoms with Gasteiger partial charge in [0.1, 0.15) is 17.3 Å². The Morgan fingerprint density at radius 2 is 1.91 bits per heavy atom. The lowest BCUT2D eigenvalue weighted by atomic mass is 10.0. The third-order valence-electron chi connectivity index (χ3n) is 5.91. The van der Waals surface area contributed by atoms with Gasteiger partial charge in [-0.25, -0.2) is 13.9 Å². The van der Waals surface area contributed by atoms with Crippen molar-refractivity contribution in [2.45, 2.75) is 46.2 Å². The van der Waals surface area contributed by atoms with E-state index >= 15 is 0 Å². The Morgan fingerprint density at radius 1 is 1.11 bits per heavy atom. The number of nitrogens with one attached hydrogen (secondary N) is 1. The molecule has 0 spiro atoms. The van der Waals surface area contributed by atoms with Crippen molar-refractivity contribution < 1.29 is 15.3 Å². The number of carbonyl (C=O) groups excluding carboxylic acids is 1. The van der Waals surface area contributed by atoms with Gasteiger partial charge in [0.05, 0.1) is 17.9 Å². The maximum Gasteiger partial charge on any atom is 0.270 e. The zero-order valence-electron chi connectivity index (χ0n) is 20.3. The number of hydrogen-bond donors (Lipinski definition) is 1. The Kier molecular flexibility index (Phi) is 8.11. The van der Waals surface area contributed by atoms with Crippen LogP contribution in [0.2, 0.25) is 0 Å². The highest BCUT2D eigenvalue weighted by Gasteiger charge is 2.35. The Labute approximate surface area is 204 Å². The highest BCUT2D eigenvalue weighted by Crippen LogP contribution is 2.36. The summed E-state index contributed by atoms with van der Waals surface area (Å²) >= 11 is 0. The van der Waals surface area contributed by atoms with E-state index in [1.54, 1.807) is 29.0 Å². The first-order valence-electron chi connectivity index (χ1n) is 11.6. The van der Waals surface area contributed by atoms with E-state index in [1.807, 2.05) is 58.0 Å². The van der Waals surface area contributed by atoms with Gasteiger partial charge in [-0.05, 0) is 61.7 Å². The number of rotatable bonds is 4. The minimum atomic E-state index is -0.284. The van der Waals surface area contributed by atoms with Crippen molar-refractivity contribution in [1.82, 2.24) is 24.9 Å². The highest BCUT2D eigenvalue weighted by atomic mass is 19.1. The zero-order valence-corrected chi connectivity index (χ0v) is 20.3. The van der Waals surface area contributed by atoms with Gasteiger partial charge in [-0.1, -0.05) is 32.0 Å². The van der Waals surface area contributed by atoms with Gasteiger partial charge in [0.15, 0.2) is 5.65 Å². The summed E-state index contributed by atoms with van der Waals surface area (Å²) in [7, 11) is 0. The van der Waals surface area contributed by atoms with Crippen LogP contribution in [0.4, 0.5) is 14.9 Å². The number of carbonyl (C=O) groups is 1. The minimum Gasteiger partial charge on any atom is -0.346 e. The number of pyridine rings is 1. The smallest absolute Gasteiger partial charge is 0.270 e. The number of imidazole rings is 1. The van der Waals surface area contributed by atoms with E-state index in [0.29, 0.717) is 18.7 Å². The molecule has 35 heavy (non-hydrogen) atoms. The van der Waals surface area contributed by atoms with Gasteiger partial charge in [0.2, 0.25) is 0 Å². The molecule has 0 radical (unpaired) electrons. The number of nitrogens with zero attached hydrogens (tertiary/aromatic N) is 5.